The molecule has 0 radical (unpaired) electrons. The zero-order valence-corrected chi connectivity index (χ0v) is 31.7. The third kappa shape index (κ3) is 32.4. The summed E-state index contributed by atoms with van der Waals surface area (Å²) < 4.78 is 5.99. The third-order valence-electron chi connectivity index (χ3n) is 9.30. The summed E-state index contributed by atoms with van der Waals surface area (Å²) in [5.41, 5.74) is 2.99. The van der Waals surface area contributed by atoms with E-state index in [1.54, 1.807) is 0 Å². The number of carbonyl (C=O) groups is 3. The summed E-state index contributed by atoms with van der Waals surface area (Å²) >= 11 is 0. The lowest BCUT2D eigenvalue weighted by Gasteiger charge is -2.18. The first-order chi connectivity index (χ1) is 23.2. The first-order valence-electron chi connectivity index (χ1n) is 19.8. The summed E-state index contributed by atoms with van der Waals surface area (Å²) in [6.45, 7) is 5.32. The molecule has 7 nitrogen and oxygen atoms in total. The third-order valence-corrected chi connectivity index (χ3v) is 9.30. The number of allylic oxidation sites excluding steroid dienone is 4. The van der Waals surface area contributed by atoms with Crippen molar-refractivity contribution in [3.63, 3.8) is 0 Å². The Bertz CT molecular complexity index is 865. The van der Waals surface area contributed by atoms with Crippen LogP contribution in [-0.4, -0.2) is 59.8 Å². The molecule has 0 aromatic heterocycles. The van der Waals surface area contributed by atoms with Crippen molar-refractivity contribution in [1.29, 1.82) is 0 Å². The Morgan fingerprint density at radius 1 is 0.542 bits per heavy atom. The number of esters is 1. The molecule has 0 spiro atoms. The van der Waals surface area contributed by atoms with Crippen molar-refractivity contribution in [2.24, 2.45) is 0 Å². The van der Waals surface area contributed by atoms with Crippen molar-refractivity contribution in [2.75, 3.05) is 20.6 Å². The highest BCUT2D eigenvalue weighted by Gasteiger charge is 2.14. The molecule has 0 saturated carbocycles. The smallest absolute Gasteiger partial charge is 0.306 e. The summed E-state index contributed by atoms with van der Waals surface area (Å²) in [5.74, 6) is -1.43. The highest BCUT2D eigenvalue weighted by molar-refractivity contribution is 5.69. The zero-order valence-electron chi connectivity index (χ0n) is 31.7. The molecular weight excluding hydrogens is 602 g/mol. The SMILES string of the molecule is CCC(=CCCCCC(=O)O)CCCCCCCCC(CCCCCCCCC=C(CC)CCCCC(=O)O)OC(=O)CCCN(C)C. The topological polar surface area (TPSA) is 104 Å². The van der Waals surface area contributed by atoms with Crippen molar-refractivity contribution in [2.45, 2.75) is 200 Å². The van der Waals surface area contributed by atoms with Gasteiger partial charge in [-0.25, -0.2) is 0 Å². The fourth-order valence-electron chi connectivity index (χ4n) is 6.21. The maximum Gasteiger partial charge on any atom is 0.306 e. The van der Waals surface area contributed by atoms with Crippen LogP contribution in [0.1, 0.15) is 194 Å². The maximum atomic E-state index is 12.6. The van der Waals surface area contributed by atoms with E-state index in [1.165, 1.54) is 75.4 Å². The van der Waals surface area contributed by atoms with Crippen molar-refractivity contribution >= 4 is 17.9 Å². The number of carboxylic acids is 2. The number of carbonyl (C=O) groups excluding carboxylic acids is 1. The molecule has 2 N–H and O–H groups in total. The Balaban J connectivity index is 4.26. The minimum Gasteiger partial charge on any atom is -0.481 e. The number of ether oxygens (including phenoxy) is 1. The van der Waals surface area contributed by atoms with E-state index >= 15 is 0 Å². The summed E-state index contributed by atoms with van der Waals surface area (Å²) in [7, 11) is 4.07. The Labute approximate surface area is 295 Å². The molecular formula is C41H75NO6. The maximum absolute atomic E-state index is 12.6. The molecule has 0 aliphatic carbocycles. The van der Waals surface area contributed by atoms with Gasteiger partial charge in [-0.15, -0.1) is 0 Å². The molecule has 0 aromatic rings. The fraction of sp³-hybridized carbons (Fsp3) is 0.829. The van der Waals surface area contributed by atoms with Crippen LogP contribution in [-0.2, 0) is 19.1 Å². The van der Waals surface area contributed by atoms with Crippen LogP contribution in [0.15, 0.2) is 23.3 Å². The highest BCUT2D eigenvalue weighted by atomic mass is 16.5. The second-order valence-electron chi connectivity index (χ2n) is 14.0. The molecule has 1 atom stereocenters. The highest BCUT2D eigenvalue weighted by Crippen LogP contribution is 2.20. The van der Waals surface area contributed by atoms with Gasteiger partial charge >= 0.3 is 17.9 Å². The lowest BCUT2D eigenvalue weighted by molar-refractivity contribution is -0.150. The predicted octanol–water partition coefficient (Wildman–Crippen LogP) is 11.4. The molecule has 280 valence electrons. The minimum atomic E-state index is -0.699. The van der Waals surface area contributed by atoms with E-state index in [4.69, 9.17) is 14.9 Å². The molecule has 0 bridgehead atoms. The molecule has 1 unspecified atom stereocenters. The summed E-state index contributed by atoms with van der Waals surface area (Å²) in [5, 5.41) is 17.6. The van der Waals surface area contributed by atoms with Gasteiger partial charge in [-0.2, -0.15) is 0 Å². The van der Waals surface area contributed by atoms with Crippen LogP contribution in [0.5, 0.6) is 0 Å². The Kier molecular flexibility index (Phi) is 31.9. The summed E-state index contributed by atoms with van der Waals surface area (Å²) in [4.78, 5) is 36.0. The molecule has 0 aromatic carbocycles. The number of unbranched alkanes of at least 4 members (excludes halogenated alkanes) is 14. The monoisotopic (exact) mass is 678 g/mol. The first kappa shape index (κ1) is 45.9. The molecule has 0 saturated heterocycles. The van der Waals surface area contributed by atoms with E-state index in [-0.39, 0.29) is 24.9 Å². The average Bonchev–Trinajstić information content (AvgIpc) is 3.04. The van der Waals surface area contributed by atoms with Crippen LogP contribution in [0.2, 0.25) is 0 Å². The van der Waals surface area contributed by atoms with Gasteiger partial charge in [0.15, 0.2) is 0 Å². The number of hydrogen-bond acceptors (Lipinski definition) is 5. The van der Waals surface area contributed by atoms with Crippen LogP contribution >= 0.6 is 0 Å². The molecule has 0 heterocycles. The Morgan fingerprint density at radius 3 is 1.42 bits per heavy atom. The van der Waals surface area contributed by atoms with Gasteiger partial charge in [-0.1, -0.05) is 88.5 Å². The van der Waals surface area contributed by atoms with E-state index in [9.17, 15) is 14.4 Å². The van der Waals surface area contributed by atoms with E-state index in [0.717, 1.165) is 103 Å². The van der Waals surface area contributed by atoms with Crippen LogP contribution in [0, 0.1) is 0 Å². The van der Waals surface area contributed by atoms with Crippen molar-refractivity contribution < 1.29 is 29.3 Å². The second kappa shape index (κ2) is 33.4. The first-order valence-corrected chi connectivity index (χ1v) is 19.8. The van der Waals surface area contributed by atoms with Gasteiger partial charge in [0.1, 0.15) is 6.10 Å². The van der Waals surface area contributed by atoms with Crippen LogP contribution < -0.4 is 0 Å². The predicted molar refractivity (Wildman–Crippen MR) is 200 cm³/mol. The van der Waals surface area contributed by atoms with Crippen LogP contribution in [0.4, 0.5) is 0 Å². The van der Waals surface area contributed by atoms with Gasteiger partial charge in [0.05, 0.1) is 0 Å². The number of carboxylic acid groups (broad SMARTS) is 2. The van der Waals surface area contributed by atoms with Crippen molar-refractivity contribution in [1.82, 2.24) is 4.90 Å². The number of hydrogen-bond donors (Lipinski definition) is 2. The summed E-state index contributed by atoms with van der Waals surface area (Å²) in [6, 6.07) is 0. The largest absolute Gasteiger partial charge is 0.481 e. The average molecular weight is 678 g/mol. The van der Waals surface area contributed by atoms with Crippen LogP contribution in [0.25, 0.3) is 0 Å². The molecule has 0 fully saturated rings. The van der Waals surface area contributed by atoms with Gasteiger partial charge in [0.25, 0.3) is 0 Å². The molecule has 48 heavy (non-hydrogen) atoms. The van der Waals surface area contributed by atoms with Gasteiger partial charge in [0, 0.05) is 19.3 Å². The number of nitrogens with zero attached hydrogens (tertiary/aromatic N) is 1. The molecule has 7 heteroatoms. The van der Waals surface area contributed by atoms with E-state index in [2.05, 4.69) is 30.9 Å². The minimum absolute atomic E-state index is 0.0371. The Hall–Kier alpha value is -2.15. The molecule has 0 rings (SSSR count). The normalized spacial score (nSPS) is 12.9. The fourth-order valence-corrected chi connectivity index (χ4v) is 6.21. The quantitative estimate of drug-likeness (QED) is 0.0391. The standard InChI is InChI=1S/C41H75NO6/c1-5-36(28-19-16-22-32-39(43)44)26-18-13-10-11-15-21-31-38(48-41(47)34-25-35-42(3)4)30-20-14-9-7-8-12-17-27-37(6-2)29-23-24-33-40(45)46/h27-28,38H,5-26,29-35H2,1-4H3,(H,43,44)(H,45,46). The zero-order chi connectivity index (χ0) is 35.7. The van der Waals surface area contributed by atoms with Gasteiger partial charge in [0.2, 0.25) is 0 Å². The molecule has 0 aliphatic rings. The molecule has 0 amide bonds. The van der Waals surface area contributed by atoms with Gasteiger partial charge in [-0.05, 0) is 130 Å². The molecule has 0 aliphatic heterocycles. The Morgan fingerprint density at radius 2 is 0.938 bits per heavy atom. The van der Waals surface area contributed by atoms with Gasteiger partial charge in [-0.3, -0.25) is 14.4 Å². The van der Waals surface area contributed by atoms with Crippen molar-refractivity contribution in [3.8, 4) is 0 Å². The van der Waals surface area contributed by atoms with Crippen molar-refractivity contribution in [3.05, 3.63) is 23.3 Å². The second-order valence-corrected chi connectivity index (χ2v) is 14.0. The van der Waals surface area contributed by atoms with Crippen LogP contribution in [0.3, 0.4) is 0 Å². The lowest BCUT2D eigenvalue weighted by Crippen LogP contribution is -2.20. The van der Waals surface area contributed by atoms with Gasteiger partial charge < -0.3 is 19.8 Å². The number of rotatable bonds is 35. The summed E-state index contributed by atoms with van der Waals surface area (Å²) in [6.07, 6.45) is 33.2. The van der Waals surface area contributed by atoms with E-state index in [1.807, 2.05) is 14.1 Å². The number of aliphatic carboxylic acids is 2. The van der Waals surface area contributed by atoms with E-state index in [0.29, 0.717) is 6.42 Å². The van der Waals surface area contributed by atoms with E-state index < -0.39 is 11.9 Å². The lowest BCUT2D eigenvalue weighted by atomic mass is 10.00.